The summed E-state index contributed by atoms with van der Waals surface area (Å²) < 4.78 is 0. The van der Waals surface area contributed by atoms with E-state index in [-0.39, 0.29) is 24.2 Å². The van der Waals surface area contributed by atoms with E-state index in [1.807, 2.05) is 30.3 Å². The number of carbonyl (C=O) groups is 2. The van der Waals surface area contributed by atoms with E-state index in [1.165, 1.54) is 0 Å². The molecule has 0 spiro atoms. The van der Waals surface area contributed by atoms with Gasteiger partial charge in [0.05, 0.1) is 18.2 Å². The fraction of sp³-hybridized carbons (Fsp3) is 0.368. The van der Waals surface area contributed by atoms with Crippen molar-refractivity contribution >= 4 is 11.8 Å². The van der Waals surface area contributed by atoms with Gasteiger partial charge in [0.2, 0.25) is 11.8 Å². The van der Waals surface area contributed by atoms with Gasteiger partial charge in [-0.15, -0.1) is 0 Å². The molecule has 1 aliphatic heterocycles. The SMILES string of the molecule is CN(CCc1ccncc1)C(=O)C1CC(=O)N(Cc2ccccn2)C1. The number of likely N-dealkylation sites (tertiary alicyclic amines) is 1. The fourth-order valence-electron chi connectivity index (χ4n) is 3.05. The molecule has 0 saturated carbocycles. The molecule has 1 saturated heterocycles. The third-order valence-corrected chi connectivity index (χ3v) is 4.50. The second-order valence-electron chi connectivity index (χ2n) is 6.36. The average Bonchev–Trinajstić information content (AvgIpc) is 3.01. The van der Waals surface area contributed by atoms with E-state index in [0.29, 0.717) is 19.6 Å². The third-order valence-electron chi connectivity index (χ3n) is 4.50. The van der Waals surface area contributed by atoms with Crippen molar-refractivity contribution in [2.75, 3.05) is 20.1 Å². The molecule has 2 aromatic heterocycles. The lowest BCUT2D eigenvalue weighted by Crippen LogP contribution is -2.35. The van der Waals surface area contributed by atoms with Crippen LogP contribution in [0.4, 0.5) is 0 Å². The standard InChI is InChI=1S/C19H22N4O2/c1-22(11-7-15-5-9-20-10-6-15)19(25)16-12-18(24)23(13-16)14-17-4-2-3-8-21-17/h2-6,8-10,16H,7,11-14H2,1H3. The van der Waals surface area contributed by atoms with Crippen LogP contribution in [0.5, 0.6) is 0 Å². The molecule has 0 bridgehead atoms. The lowest BCUT2D eigenvalue weighted by Gasteiger charge is -2.21. The van der Waals surface area contributed by atoms with Crippen molar-refractivity contribution in [3.8, 4) is 0 Å². The molecule has 1 unspecified atom stereocenters. The molecule has 3 rings (SSSR count). The maximum Gasteiger partial charge on any atom is 0.227 e. The van der Waals surface area contributed by atoms with E-state index >= 15 is 0 Å². The largest absolute Gasteiger partial charge is 0.345 e. The van der Waals surface area contributed by atoms with Crippen molar-refractivity contribution in [3.05, 3.63) is 60.2 Å². The van der Waals surface area contributed by atoms with Crippen LogP contribution in [0.1, 0.15) is 17.7 Å². The zero-order valence-corrected chi connectivity index (χ0v) is 14.3. The Kier molecular flexibility index (Phi) is 5.38. The van der Waals surface area contributed by atoms with Crippen molar-refractivity contribution < 1.29 is 9.59 Å². The van der Waals surface area contributed by atoms with Crippen molar-refractivity contribution in [2.45, 2.75) is 19.4 Å². The molecule has 2 aromatic rings. The fourth-order valence-corrected chi connectivity index (χ4v) is 3.05. The van der Waals surface area contributed by atoms with Gasteiger partial charge >= 0.3 is 0 Å². The molecule has 1 fully saturated rings. The number of rotatable bonds is 6. The summed E-state index contributed by atoms with van der Waals surface area (Å²) >= 11 is 0. The lowest BCUT2D eigenvalue weighted by molar-refractivity contribution is -0.134. The Balaban J connectivity index is 1.53. The van der Waals surface area contributed by atoms with Crippen LogP contribution < -0.4 is 0 Å². The van der Waals surface area contributed by atoms with Crippen LogP contribution in [0.15, 0.2) is 48.9 Å². The molecule has 1 atom stereocenters. The highest BCUT2D eigenvalue weighted by molar-refractivity contribution is 5.89. The Morgan fingerprint density at radius 2 is 2.04 bits per heavy atom. The van der Waals surface area contributed by atoms with Crippen molar-refractivity contribution in [3.63, 3.8) is 0 Å². The first-order valence-corrected chi connectivity index (χ1v) is 8.45. The topological polar surface area (TPSA) is 66.4 Å². The summed E-state index contributed by atoms with van der Waals surface area (Å²) in [4.78, 5) is 36.5. The van der Waals surface area contributed by atoms with Crippen LogP contribution in [-0.2, 0) is 22.6 Å². The van der Waals surface area contributed by atoms with Crippen LogP contribution >= 0.6 is 0 Å². The van der Waals surface area contributed by atoms with Gasteiger partial charge in [-0.25, -0.2) is 0 Å². The summed E-state index contributed by atoms with van der Waals surface area (Å²) in [7, 11) is 1.80. The minimum atomic E-state index is -0.265. The van der Waals surface area contributed by atoms with Crippen LogP contribution in [0, 0.1) is 5.92 Å². The molecule has 3 heterocycles. The van der Waals surface area contributed by atoms with Gasteiger partial charge in [0.1, 0.15) is 0 Å². The van der Waals surface area contributed by atoms with Gasteiger partial charge in [0.25, 0.3) is 0 Å². The smallest absolute Gasteiger partial charge is 0.227 e. The number of hydrogen-bond acceptors (Lipinski definition) is 4. The number of amides is 2. The molecule has 25 heavy (non-hydrogen) atoms. The summed E-state index contributed by atoms with van der Waals surface area (Å²) in [5, 5.41) is 0. The Bertz CT molecular complexity index is 721. The lowest BCUT2D eigenvalue weighted by atomic mass is 10.1. The zero-order chi connectivity index (χ0) is 17.6. The van der Waals surface area contributed by atoms with Gasteiger partial charge in [0.15, 0.2) is 0 Å². The number of pyridine rings is 2. The van der Waals surface area contributed by atoms with Crippen molar-refractivity contribution in [1.82, 2.24) is 19.8 Å². The maximum absolute atomic E-state index is 12.6. The quantitative estimate of drug-likeness (QED) is 0.801. The van der Waals surface area contributed by atoms with Gasteiger partial charge in [-0.2, -0.15) is 0 Å². The van der Waals surface area contributed by atoms with E-state index < -0.39 is 0 Å². The number of nitrogens with zero attached hydrogens (tertiary/aromatic N) is 4. The van der Waals surface area contributed by atoms with E-state index in [9.17, 15) is 9.59 Å². The Labute approximate surface area is 147 Å². The third kappa shape index (κ3) is 4.41. The molecule has 0 aromatic carbocycles. The van der Waals surface area contributed by atoms with Gasteiger partial charge < -0.3 is 9.80 Å². The van der Waals surface area contributed by atoms with Gasteiger partial charge in [-0.1, -0.05) is 6.07 Å². The van der Waals surface area contributed by atoms with Crippen LogP contribution in [-0.4, -0.2) is 51.7 Å². The number of hydrogen-bond donors (Lipinski definition) is 0. The second kappa shape index (κ2) is 7.88. The Hall–Kier alpha value is -2.76. The van der Waals surface area contributed by atoms with Gasteiger partial charge in [0, 0.05) is 45.1 Å². The van der Waals surface area contributed by atoms with Gasteiger partial charge in [-0.05, 0) is 36.2 Å². The average molecular weight is 338 g/mol. The van der Waals surface area contributed by atoms with Crippen LogP contribution in [0.25, 0.3) is 0 Å². The first-order chi connectivity index (χ1) is 12.1. The molecular formula is C19H22N4O2. The summed E-state index contributed by atoms with van der Waals surface area (Å²) in [6.07, 6.45) is 6.28. The van der Waals surface area contributed by atoms with Gasteiger partial charge in [-0.3, -0.25) is 19.6 Å². The Morgan fingerprint density at radius 1 is 1.24 bits per heavy atom. The van der Waals surface area contributed by atoms with E-state index in [4.69, 9.17) is 0 Å². The van der Waals surface area contributed by atoms with E-state index in [2.05, 4.69) is 9.97 Å². The molecule has 6 nitrogen and oxygen atoms in total. The highest BCUT2D eigenvalue weighted by Crippen LogP contribution is 2.21. The van der Waals surface area contributed by atoms with Crippen molar-refractivity contribution in [2.24, 2.45) is 5.92 Å². The van der Waals surface area contributed by atoms with E-state index in [0.717, 1.165) is 17.7 Å². The summed E-state index contributed by atoms with van der Waals surface area (Å²) in [5.41, 5.74) is 1.99. The molecule has 0 N–H and O–H groups in total. The summed E-state index contributed by atoms with van der Waals surface area (Å²) in [6, 6.07) is 9.54. The molecular weight excluding hydrogens is 316 g/mol. The minimum absolute atomic E-state index is 0.0199. The zero-order valence-electron chi connectivity index (χ0n) is 14.3. The molecule has 6 heteroatoms. The summed E-state index contributed by atoms with van der Waals surface area (Å²) in [6.45, 7) is 1.56. The highest BCUT2D eigenvalue weighted by atomic mass is 16.2. The highest BCUT2D eigenvalue weighted by Gasteiger charge is 2.35. The predicted molar refractivity (Wildman–Crippen MR) is 93.3 cm³/mol. The number of likely N-dealkylation sites (N-methyl/N-ethyl adjacent to an activating group) is 1. The predicted octanol–water partition coefficient (Wildman–Crippen LogP) is 1.53. The number of aromatic nitrogens is 2. The first-order valence-electron chi connectivity index (χ1n) is 8.45. The van der Waals surface area contributed by atoms with Crippen molar-refractivity contribution in [1.29, 1.82) is 0 Å². The second-order valence-corrected chi connectivity index (χ2v) is 6.36. The normalized spacial score (nSPS) is 16.9. The van der Waals surface area contributed by atoms with E-state index in [1.54, 1.807) is 35.4 Å². The first kappa shape index (κ1) is 17.1. The molecule has 2 amide bonds. The Morgan fingerprint density at radius 3 is 2.76 bits per heavy atom. The number of carbonyl (C=O) groups excluding carboxylic acids is 2. The summed E-state index contributed by atoms with van der Waals surface area (Å²) in [5.74, 6) is -0.212. The van der Waals surface area contributed by atoms with Crippen LogP contribution in [0.3, 0.4) is 0 Å². The van der Waals surface area contributed by atoms with Crippen LogP contribution in [0.2, 0.25) is 0 Å². The molecule has 130 valence electrons. The maximum atomic E-state index is 12.6. The molecule has 0 radical (unpaired) electrons. The monoisotopic (exact) mass is 338 g/mol. The minimum Gasteiger partial charge on any atom is -0.345 e. The molecule has 0 aliphatic carbocycles. The molecule has 1 aliphatic rings.